The van der Waals surface area contributed by atoms with Gasteiger partial charge in [-0.3, -0.25) is 20.1 Å². The van der Waals surface area contributed by atoms with Gasteiger partial charge in [0.2, 0.25) is 0 Å². The third-order valence-corrected chi connectivity index (χ3v) is 5.80. The molecule has 0 fully saturated rings. The van der Waals surface area contributed by atoms with Crippen molar-refractivity contribution in [1.82, 2.24) is 25.4 Å². The molecule has 38 heavy (non-hydrogen) atoms. The normalized spacial score (nSPS) is 13.7. The van der Waals surface area contributed by atoms with Crippen molar-refractivity contribution in [3.63, 3.8) is 0 Å². The first-order chi connectivity index (χ1) is 17.8. The Bertz CT molecular complexity index is 1370. The van der Waals surface area contributed by atoms with Crippen molar-refractivity contribution in [1.29, 1.82) is 0 Å². The van der Waals surface area contributed by atoms with Crippen molar-refractivity contribution >= 4 is 52.1 Å². The molecular weight excluding hydrogens is 514 g/mol. The molecule has 204 valence electrons. The minimum atomic E-state index is -0.688. The number of amides is 2. The van der Waals surface area contributed by atoms with Gasteiger partial charge < -0.3 is 20.5 Å². The van der Waals surface area contributed by atoms with Crippen LogP contribution in [0.4, 0.5) is 27.7 Å². The maximum Gasteiger partial charge on any atom is 0.415 e. The van der Waals surface area contributed by atoms with Gasteiger partial charge in [-0.2, -0.15) is 9.61 Å². The van der Waals surface area contributed by atoms with Crippen molar-refractivity contribution < 1.29 is 19.1 Å². The Morgan fingerprint density at radius 1 is 1.29 bits per heavy atom. The molecule has 2 aromatic heterocycles. The molecule has 2 amide bonds. The number of hydrazine groups is 2. The Morgan fingerprint density at radius 2 is 2.03 bits per heavy atom. The lowest BCUT2D eigenvalue weighted by molar-refractivity contribution is 0.0587. The van der Waals surface area contributed by atoms with Crippen LogP contribution in [0.2, 0.25) is 5.15 Å². The fraction of sp³-hybridized carbons (Fsp3) is 0.417. The van der Waals surface area contributed by atoms with Crippen LogP contribution in [0.15, 0.2) is 24.4 Å². The van der Waals surface area contributed by atoms with Gasteiger partial charge in [-0.05, 0) is 45.4 Å². The van der Waals surface area contributed by atoms with E-state index in [1.807, 2.05) is 31.1 Å². The lowest BCUT2D eigenvalue weighted by atomic mass is 10.1. The van der Waals surface area contributed by atoms with Gasteiger partial charge in [0, 0.05) is 26.2 Å². The fourth-order valence-corrected chi connectivity index (χ4v) is 4.01. The number of anilines is 4. The quantitative estimate of drug-likeness (QED) is 0.257. The number of nitrogens with two attached hydrogens (primary N) is 1. The first-order valence-corrected chi connectivity index (χ1v) is 12.3. The van der Waals surface area contributed by atoms with Crippen LogP contribution in [0, 0.1) is 0 Å². The molecule has 0 radical (unpaired) electrons. The second kappa shape index (κ2) is 10.5. The van der Waals surface area contributed by atoms with Crippen LogP contribution < -0.4 is 31.9 Å². The van der Waals surface area contributed by atoms with E-state index in [9.17, 15) is 9.59 Å². The monoisotopic (exact) mass is 545 g/mol. The van der Waals surface area contributed by atoms with E-state index in [1.165, 1.54) is 28.7 Å². The molecule has 3 aromatic rings. The molecule has 3 heterocycles. The van der Waals surface area contributed by atoms with Crippen molar-refractivity contribution in [2.45, 2.75) is 45.9 Å². The predicted molar refractivity (Wildman–Crippen MR) is 145 cm³/mol. The van der Waals surface area contributed by atoms with Gasteiger partial charge in [0.1, 0.15) is 22.1 Å². The van der Waals surface area contributed by atoms with E-state index in [4.69, 9.17) is 26.8 Å². The highest BCUT2D eigenvalue weighted by Crippen LogP contribution is 2.35. The van der Waals surface area contributed by atoms with E-state index >= 15 is 0 Å². The van der Waals surface area contributed by atoms with Gasteiger partial charge in [-0.1, -0.05) is 11.6 Å². The minimum Gasteiger partial charge on any atom is -0.443 e. The SMILES string of the molecule is C[C@H](COCc1cc(N)c2c(c1)N(C)NN2)NC(=O)c1cnn2c(N(C)C(=O)OC(C)(C)C)cc(Cl)nc12. The fourth-order valence-electron chi connectivity index (χ4n) is 3.83. The average Bonchev–Trinajstić information content (AvgIpc) is 3.41. The molecule has 13 nitrogen and oxygen atoms in total. The molecule has 0 aliphatic carbocycles. The highest BCUT2D eigenvalue weighted by molar-refractivity contribution is 6.30. The molecule has 1 aliphatic rings. The zero-order chi connectivity index (χ0) is 27.8. The number of fused-ring (bicyclic) bond motifs is 2. The molecule has 0 bridgehead atoms. The number of nitrogen functional groups attached to an aromatic ring is 1. The van der Waals surface area contributed by atoms with Crippen LogP contribution in [-0.4, -0.2) is 58.9 Å². The molecule has 4 rings (SSSR count). The maximum absolute atomic E-state index is 13.0. The van der Waals surface area contributed by atoms with Crippen molar-refractivity contribution in [3.8, 4) is 0 Å². The summed E-state index contributed by atoms with van der Waals surface area (Å²) in [7, 11) is 3.40. The van der Waals surface area contributed by atoms with E-state index in [2.05, 4.69) is 26.4 Å². The number of hydrogen-bond donors (Lipinski definition) is 4. The molecule has 1 atom stereocenters. The summed E-state index contributed by atoms with van der Waals surface area (Å²) in [5.41, 5.74) is 15.1. The highest BCUT2D eigenvalue weighted by Gasteiger charge is 2.25. The summed E-state index contributed by atoms with van der Waals surface area (Å²) in [6.45, 7) is 7.71. The third-order valence-electron chi connectivity index (χ3n) is 5.61. The number of ether oxygens (including phenoxy) is 2. The molecule has 5 N–H and O–H groups in total. The van der Waals surface area contributed by atoms with Gasteiger partial charge in [-0.25, -0.2) is 9.78 Å². The molecule has 0 unspecified atom stereocenters. The molecule has 14 heteroatoms. The second-order valence-electron chi connectivity index (χ2n) is 10.0. The van der Waals surface area contributed by atoms with Crippen LogP contribution in [0.5, 0.6) is 0 Å². The minimum absolute atomic E-state index is 0.0958. The van der Waals surface area contributed by atoms with Crippen LogP contribution in [0.3, 0.4) is 0 Å². The largest absolute Gasteiger partial charge is 0.443 e. The van der Waals surface area contributed by atoms with Crippen molar-refractivity contribution in [2.75, 3.05) is 41.8 Å². The van der Waals surface area contributed by atoms with E-state index in [0.29, 0.717) is 18.1 Å². The van der Waals surface area contributed by atoms with Gasteiger partial charge in [-0.15, -0.1) is 5.53 Å². The number of nitrogens with one attached hydrogen (secondary N) is 3. The summed E-state index contributed by atoms with van der Waals surface area (Å²) in [6.07, 6.45) is 0.775. The van der Waals surface area contributed by atoms with Crippen LogP contribution in [-0.2, 0) is 16.1 Å². The molecule has 0 spiro atoms. The first kappa shape index (κ1) is 27.2. The number of rotatable bonds is 7. The van der Waals surface area contributed by atoms with Crippen LogP contribution >= 0.6 is 11.6 Å². The lowest BCUT2D eigenvalue weighted by Crippen LogP contribution is -2.36. The Labute approximate surface area is 225 Å². The van der Waals surface area contributed by atoms with E-state index in [1.54, 1.807) is 20.8 Å². The van der Waals surface area contributed by atoms with Gasteiger partial charge >= 0.3 is 6.09 Å². The summed E-state index contributed by atoms with van der Waals surface area (Å²) in [4.78, 5) is 31.1. The maximum atomic E-state index is 13.0. The number of benzene rings is 1. The molecule has 1 aliphatic heterocycles. The zero-order valence-corrected chi connectivity index (χ0v) is 22.9. The van der Waals surface area contributed by atoms with Crippen molar-refractivity contribution in [3.05, 3.63) is 40.7 Å². The average molecular weight is 546 g/mol. The third kappa shape index (κ3) is 5.85. The smallest absolute Gasteiger partial charge is 0.415 e. The van der Waals surface area contributed by atoms with E-state index in [-0.39, 0.29) is 29.0 Å². The number of carbonyl (C=O) groups is 2. The topological polar surface area (TPSA) is 151 Å². The van der Waals surface area contributed by atoms with E-state index < -0.39 is 17.6 Å². The lowest BCUT2D eigenvalue weighted by Gasteiger charge is -2.24. The first-order valence-electron chi connectivity index (χ1n) is 11.9. The van der Waals surface area contributed by atoms with Crippen LogP contribution in [0.1, 0.15) is 43.6 Å². The van der Waals surface area contributed by atoms with E-state index in [0.717, 1.165) is 16.9 Å². The highest BCUT2D eigenvalue weighted by atomic mass is 35.5. The number of nitrogens with zero attached hydrogens (tertiary/aromatic N) is 5. The molecular formula is C24H32ClN9O4. The second-order valence-corrected chi connectivity index (χ2v) is 10.4. The Kier molecular flexibility index (Phi) is 7.54. The molecule has 0 saturated carbocycles. The summed E-state index contributed by atoms with van der Waals surface area (Å²) in [6, 6.07) is 4.97. The van der Waals surface area contributed by atoms with Crippen molar-refractivity contribution in [2.24, 2.45) is 0 Å². The van der Waals surface area contributed by atoms with Crippen LogP contribution in [0.25, 0.3) is 5.65 Å². The summed E-state index contributed by atoms with van der Waals surface area (Å²) in [5.74, 6) is -0.105. The summed E-state index contributed by atoms with van der Waals surface area (Å²) in [5, 5.41) is 9.07. The predicted octanol–water partition coefficient (Wildman–Crippen LogP) is 2.95. The number of carbonyl (C=O) groups excluding carboxylic acids is 2. The van der Waals surface area contributed by atoms with Gasteiger partial charge in [0.05, 0.1) is 36.5 Å². The van der Waals surface area contributed by atoms with Gasteiger partial charge in [0.25, 0.3) is 5.91 Å². The Hall–Kier alpha value is -3.81. The standard InChI is InChI=1S/C24H32ClN9O4/c1-13(11-37-12-14-7-16(26)20-17(8-14)33(6)31-30-20)28-22(35)15-10-27-34-19(9-18(25)29-21(15)34)32(5)23(36)38-24(2,3)4/h7-10,13,30-31H,11-12,26H2,1-6H3,(H,28,35)/t13-/m1/s1. The number of hydrogen-bond acceptors (Lipinski definition) is 10. The Morgan fingerprint density at radius 3 is 2.74 bits per heavy atom. The number of aromatic nitrogens is 3. The molecule has 1 aromatic carbocycles. The summed E-state index contributed by atoms with van der Waals surface area (Å²) >= 11 is 6.22. The summed E-state index contributed by atoms with van der Waals surface area (Å²) < 4.78 is 12.6. The zero-order valence-electron chi connectivity index (χ0n) is 22.1. The molecule has 0 saturated heterocycles. The Balaban J connectivity index is 1.41. The number of halogens is 1. The van der Waals surface area contributed by atoms with Gasteiger partial charge in [0.15, 0.2) is 5.65 Å².